The molecule has 2 atom stereocenters. The van der Waals surface area contributed by atoms with Crippen LogP contribution in [0.1, 0.15) is 44.7 Å². The van der Waals surface area contributed by atoms with Gasteiger partial charge in [0.25, 0.3) is 0 Å². The Morgan fingerprint density at radius 3 is 1.31 bits per heavy atom. The van der Waals surface area contributed by atoms with E-state index in [1.54, 1.807) is 0 Å². The number of carbonyl (C=O) groups excluding carboxylic acids is 1. The Morgan fingerprint density at radius 2 is 0.927 bits per heavy atom. The molecule has 4 nitrogen and oxygen atoms in total. The average Bonchev–Trinajstić information content (AvgIpc) is 3.23. The van der Waals surface area contributed by atoms with Gasteiger partial charge in [0, 0.05) is 36.0 Å². The minimum absolute atomic E-state index is 0. The maximum atomic E-state index is 7.75. The van der Waals surface area contributed by atoms with Gasteiger partial charge >= 0.3 is 17.1 Å². The fourth-order valence-corrected chi connectivity index (χ4v) is 12.4. The maximum absolute atomic E-state index is 7.75. The van der Waals surface area contributed by atoms with Crippen LogP contribution in [0.15, 0.2) is 180 Å². The van der Waals surface area contributed by atoms with Gasteiger partial charge in [-0.25, -0.2) is 4.85 Å². The van der Waals surface area contributed by atoms with E-state index >= 15 is 0 Å². The monoisotopic (exact) mass is 800 g/mol. The first kappa shape index (κ1) is 42.8. The topological polar surface area (TPSA) is 46.1 Å². The summed E-state index contributed by atoms with van der Waals surface area (Å²) in [6.45, 7) is 5.12. The molecule has 55 heavy (non-hydrogen) atoms. The Morgan fingerprint density at radius 1 is 0.582 bits per heavy atom. The largest absolute Gasteiger partial charge is 2.00 e. The summed E-state index contributed by atoms with van der Waals surface area (Å²) in [4.78, 5) is 23.0. The molecule has 1 aliphatic rings. The van der Waals surface area contributed by atoms with Crippen molar-refractivity contribution in [2.24, 2.45) is 9.98 Å². The van der Waals surface area contributed by atoms with Crippen molar-refractivity contribution in [2.75, 3.05) is 0 Å². The van der Waals surface area contributed by atoms with E-state index in [0.717, 1.165) is 25.3 Å². The van der Waals surface area contributed by atoms with E-state index in [1.165, 1.54) is 43.0 Å². The first-order valence-corrected chi connectivity index (χ1v) is 20.9. The summed E-state index contributed by atoms with van der Waals surface area (Å²) in [5.74, 6) is 0. The van der Waals surface area contributed by atoms with Crippen LogP contribution in [-0.2, 0) is 21.9 Å². The molecular formula is C48H48FeN3OP2+3. The van der Waals surface area contributed by atoms with E-state index in [1.807, 2.05) is 6.92 Å². The number of hydrogen-bond acceptors (Lipinski definition) is 3. The van der Waals surface area contributed by atoms with Gasteiger partial charge in [-0.05, 0) is 92.6 Å². The third kappa shape index (κ3) is 11.1. The van der Waals surface area contributed by atoms with E-state index in [4.69, 9.17) is 14.8 Å². The second-order valence-electron chi connectivity index (χ2n) is 12.7. The standard InChI is InChI=1S/C46H41N3P2.CHO.CH4.Fe/c1-2-47-38-31-32-43(48-34-36-19-15-17-29-45(36)50(39-21-7-3-8-22-39)40-23-9-4-10-24-40)44(33-38)49-35-37-20-16-18-30-46(37)51(41-25-11-5-12-26-41)42-27-13-6-14-28-42;1-2;;/h3-30,34-35,43-44H,31-33H2,1H3;1H;1H4;/q;-1;;+2/p+2. The molecule has 0 radical (unpaired) electrons. The van der Waals surface area contributed by atoms with Crippen molar-refractivity contribution < 1.29 is 21.9 Å². The van der Waals surface area contributed by atoms with Crippen molar-refractivity contribution >= 4 is 66.9 Å². The normalized spacial score (nSPS) is 15.0. The summed E-state index contributed by atoms with van der Waals surface area (Å²) < 4.78 is 0. The molecule has 0 spiro atoms. The Labute approximate surface area is 340 Å². The van der Waals surface area contributed by atoms with Gasteiger partial charge in [0.1, 0.15) is 37.9 Å². The van der Waals surface area contributed by atoms with Gasteiger partial charge in [-0.15, -0.1) is 0 Å². The van der Waals surface area contributed by atoms with Crippen LogP contribution >= 0.6 is 15.8 Å². The molecule has 0 bridgehead atoms. The summed E-state index contributed by atoms with van der Waals surface area (Å²) in [5.41, 5.74) is 2.35. The van der Waals surface area contributed by atoms with Crippen LogP contribution in [0.5, 0.6) is 0 Å². The zero-order chi connectivity index (χ0) is 36.7. The predicted octanol–water partition coefficient (Wildman–Crippen LogP) is 8.37. The van der Waals surface area contributed by atoms with Crippen molar-refractivity contribution in [1.29, 1.82) is 0 Å². The van der Waals surface area contributed by atoms with Gasteiger partial charge in [0.05, 0.1) is 27.9 Å². The quantitative estimate of drug-likeness (QED) is 0.0452. The van der Waals surface area contributed by atoms with E-state index in [9.17, 15) is 0 Å². The van der Waals surface area contributed by atoms with Gasteiger partial charge in [0.15, 0.2) is 0 Å². The van der Waals surface area contributed by atoms with Crippen molar-refractivity contribution in [2.45, 2.75) is 45.7 Å². The zero-order valence-corrected chi connectivity index (χ0v) is 33.4. The van der Waals surface area contributed by atoms with Crippen molar-refractivity contribution in [1.82, 2.24) is 0 Å². The minimum atomic E-state index is -1.25. The summed E-state index contributed by atoms with van der Waals surface area (Å²) in [5, 5.41) is 8.16. The molecule has 276 valence electrons. The Bertz CT molecular complexity index is 2080. The van der Waals surface area contributed by atoms with Gasteiger partial charge in [-0.3, -0.25) is 16.8 Å². The predicted molar refractivity (Wildman–Crippen MR) is 239 cm³/mol. The number of aliphatic imine (C=N–C) groups is 2. The summed E-state index contributed by atoms with van der Waals surface area (Å²) in [6.07, 6.45) is 6.83. The van der Waals surface area contributed by atoms with Crippen LogP contribution in [0.4, 0.5) is 0 Å². The van der Waals surface area contributed by atoms with Crippen LogP contribution in [0.25, 0.3) is 4.85 Å². The van der Waals surface area contributed by atoms with E-state index < -0.39 is 15.8 Å². The molecule has 1 saturated carbocycles. The zero-order valence-electron chi connectivity index (χ0n) is 30.3. The molecule has 0 heterocycles. The molecule has 6 aromatic carbocycles. The molecule has 0 saturated heterocycles. The summed E-state index contributed by atoms with van der Waals surface area (Å²) in [7, 11) is -2.48. The van der Waals surface area contributed by atoms with E-state index in [-0.39, 0.29) is 36.6 Å². The molecule has 7 heteroatoms. The van der Waals surface area contributed by atoms with Gasteiger partial charge in [-0.2, -0.15) is 0 Å². The number of rotatable bonds is 10. The number of nitrogens with zero attached hydrogens (tertiary/aromatic N) is 3. The van der Waals surface area contributed by atoms with Gasteiger partial charge in [-0.1, -0.05) is 104 Å². The molecule has 1 aliphatic carbocycles. The second kappa shape index (κ2) is 22.4. The second-order valence-corrected chi connectivity index (χ2v) is 17.6. The van der Waals surface area contributed by atoms with Crippen LogP contribution < -0.4 is 31.8 Å². The molecule has 0 aromatic heterocycles. The van der Waals surface area contributed by atoms with Crippen LogP contribution in [0.2, 0.25) is 0 Å². The summed E-state index contributed by atoms with van der Waals surface area (Å²) >= 11 is 0. The number of benzene rings is 6. The molecule has 7 rings (SSSR count). The molecule has 2 unspecified atom stereocenters. The molecule has 0 amide bonds. The molecule has 0 aliphatic heterocycles. The molecule has 1 fully saturated rings. The first-order chi connectivity index (χ1) is 26.3. The average molecular weight is 801 g/mol. The fraction of sp³-hybridized carbons (Fsp3) is 0.146. The molecule has 0 N–H and O–H groups in total. The Balaban J connectivity index is 0.00000166. The third-order valence-electron chi connectivity index (χ3n) is 9.41. The van der Waals surface area contributed by atoms with Crippen molar-refractivity contribution in [3.8, 4) is 6.07 Å². The van der Waals surface area contributed by atoms with Crippen LogP contribution in [0.3, 0.4) is 0 Å². The van der Waals surface area contributed by atoms with Crippen molar-refractivity contribution in [3.63, 3.8) is 0 Å². The number of hydrogen-bond donors (Lipinski definition) is 0. The third-order valence-corrected chi connectivity index (χ3v) is 15.0. The Kier molecular flexibility index (Phi) is 17.5. The van der Waals surface area contributed by atoms with Gasteiger partial charge < -0.3 is 4.79 Å². The SMILES string of the molecule is C.CC#[N+][C-]1CCC(N=Cc2ccccc2[PH+](c2ccccc2)c2ccccc2)C(N=Cc2ccccc2[PH+](c2ccccc2)c2ccccc2)C1.[CH-]=O.[Fe+2]. The molecular weight excluding hydrogens is 752 g/mol. The van der Waals surface area contributed by atoms with Gasteiger partial charge in [0.2, 0.25) is 0 Å². The molecule has 6 aromatic rings. The first-order valence-electron chi connectivity index (χ1n) is 17.9. The van der Waals surface area contributed by atoms with Crippen LogP contribution in [-0.4, -0.2) is 31.3 Å². The van der Waals surface area contributed by atoms with Crippen LogP contribution in [0, 0.1) is 12.1 Å². The summed E-state index contributed by atoms with van der Waals surface area (Å²) in [6, 6.07) is 65.5. The maximum Gasteiger partial charge on any atom is 2.00 e. The van der Waals surface area contributed by atoms with E-state index in [2.05, 4.69) is 200 Å². The van der Waals surface area contributed by atoms with Crippen molar-refractivity contribution in [3.05, 3.63) is 192 Å². The minimum Gasteiger partial charge on any atom is -0.545 e. The Hall–Kier alpha value is -4.93. The van der Waals surface area contributed by atoms with E-state index in [0.29, 0.717) is 0 Å². The fourth-order valence-electron chi connectivity index (χ4n) is 6.97. The smallest absolute Gasteiger partial charge is 0.545 e.